The van der Waals surface area contributed by atoms with Gasteiger partial charge in [0.15, 0.2) is 0 Å². The van der Waals surface area contributed by atoms with Gasteiger partial charge in [-0.05, 0) is 25.1 Å². The van der Waals surface area contributed by atoms with Crippen molar-refractivity contribution in [2.24, 2.45) is 5.92 Å². The molecule has 1 fully saturated rings. The molecular formula is C19H28N4O4. The van der Waals surface area contributed by atoms with Crippen molar-refractivity contribution in [2.45, 2.75) is 26.8 Å². The summed E-state index contributed by atoms with van der Waals surface area (Å²) in [5, 5.41) is 8.02. The van der Waals surface area contributed by atoms with Crippen molar-refractivity contribution in [1.82, 2.24) is 10.2 Å². The third kappa shape index (κ3) is 6.99. The van der Waals surface area contributed by atoms with E-state index in [9.17, 15) is 14.4 Å². The van der Waals surface area contributed by atoms with Crippen LogP contribution < -0.4 is 16.0 Å². The Morgan fingerprint density at radius 3 is 2.30 bits per heavy atom. The molecule has 1 aliphatic heterocycles. The molecule has 8 heteroatoms. The first kappa shape index (κ1) is 20.9. The second-order valence-electron chi connectivity index (χ2n) is 6.97. The van der Waals surface area contributed by atoms with Gasteiger partial charge in [0.1, 0.15) is 0 Å². The van der Waals surface area contributed by atoms with Gasteiger partial charge in [0.2, 0.25) is 5.91 Å². The minimum absolute atomic E-state index is 0.117. The van der Waals surface area contributed by atoms with Crippen LogP contribution in [0.2, 0.25) is 0 Å². The fourth-order valence-electron chi connectivity index (χ4n) is 2.66. The zero-order valence-electron chi connectivity index (χ0n) is 16.1. The Balaban J connectivity index is 1.84. The molecule has 1 aromatic rings. The largest absolute Gasteiger partial charge is 0.379 e. The summed E-state index contributed by atoms with van der Waals surface area (Å²) in [7, 11) is 0. The summed E-state index contributed by atoms with van der Waals surface area (Å²) >= 11 is 0. The van der Waals surface area contributed by atoms with Crippen LogP contribution >= 0.6 is 0 Å². The van der Waals surface area contributed by atoms with Crippen LogP contribution in [0.3, 0.4) is 0 Å². The van der Waals surface area contributed by atoms with Crippen LogP contribution in [0.25, 0.3) is 0 Å². The van der Waals surface area contributed by atoms with E-state index in [-0.39, 0.29) is 17.9 Å². The molecule has 3 N–H and O–H groups in total. The molecule has 0 aromatic heterocycles. The molecule has 0 bridgehead atoms. The SMILES string of the molecule is CC(C)C(=O)Nc1cccc(NC(=O)C(=O)N[C@@H](C)CN2CCOCC2)c1. The van der Waals surface area contributed by atoms with Crippen molar-refractivity contribution >= 4 is 29.1 Å². The van der Waals surface area contributed by atoms with Crippen LogP contribution in [0.5, 0.6) is 0 Å². The van der Waals surface area contributed by atoms with Gasteiger partial charge in [0, 0.05) is 43.0 Å². The molecule has 1 atom stereocenters. The predicted octanol–water partition coefficient (Wildman–Crippen LogP) is 1.06. The second-order valence-corrected chi connectivity index (χ2v) is 6.97. The standard InChI is InChI=1S/C19H28N4O4/c1-13(2)17(24)21-15-5-4-6-16(11-15)22-19(26)18(25)20-14(3)12-23-7-9-27-10-8-23/h4-6,11,13-14H,7-10,12H2,1-3H3,(H,20,25)(H,21,24)(H,22,26)/t14-/m0/s1. The maximum absolute atomic E-state index is 12.1. The summed E-state index contributed by atoms with van der Waals surface area (Å²) in [6, 6.07) is 6.54. The van der Waals surface area contributed by atoms with Gasteiger partial charge in [-0.25, -0.2) is 0 Å². The van der Waals surface area contributed by atoms with Gasteiger partial charge in [-0.15, -0.1) is 0 Å². The average Bonchev–Trinajstić information content (AvgIpc) is 2.62. The summed E-state index contributed by atoms with van der Waals surface area (Å²) < 4.78 is 5.29. The molecule has 1 saturated heterocycles. The lowest BCUT2D eigenvalue weighted by molar-refractivity contribution is -0.136. The number of anilines is 2. The highest BCUT2D eigenvalue weighted by Crippen LogP contribution is 2.16. The smallest absolute Gasteiger partial charge is 0.313 e. The molecule has 148 valence electrons. The van der Waals surface area contributed by atoms with Gasteiger partial charge in [0.05, 0.1) is 13.2 Å². The van der Waals surface area contributed by atoms with Crippen molar-refractivity contribution < 1.29 is 19.1 Å². The van der Waals surface area contributed by atoms with Crippen LogP contribution in [-0.2, 0) is 19.1 Å². The Morgan fingerprint density at radius 2 is 1.67 bits per heavy atom. The van der Waals surface area contributed by atoms with E-state index in [4.69, 9.17) is 4.74 Å². The molecule has 0 unspecified atom stereocenters. The molecule has 0 aliphatic carbocycles. The maximum atomic E-state index is 12.1. The molecule has 27 heavy (non-hydrogen) atoms. The minimum atomic E-state index is -0.740. The normalized spacial score (nSPS) is 15.9. The fourth-order valence-corrected chi connectivity index (χ4v) is 2.66. The van der Waals surface area contributed by atoms with E-state index < -0.39 is 11.8 Å². The highest BCUT2D eigenvalue weighted by molar-refractivity contribution is 6.39. The topological polar surface area (TPSA) is 99.8 Å². The van der Waals surface area contributed by atoms with Gasteiger partial charge < -0.3 is 20.7 Å². The number of carbonyl (C=O) groups is 3. The first-order chi connectivity index (χ1) is 12.8. The van der Waals surface area contributed by atoms with Crippen LogP contribution in [-0.4, -0.2) is 61.5 Å². The lowest BCUT2D eigenvalue weighted by Gasteiger charge is -2.29. The lowest BCUT2D eigenvalue weighted by atomic mass is 10.2. The van der Waals surface area contributed by atoms with E-state index in [1.54, 1.807) is 38.1 Å². The third-order valence-corrected chi connectivity index (χ3v) is 4.13. The Morgan fingerprint density at radius 1 is 1.04 bits per heavy atom. The maximum Gasteiger partial charge on any atom is 0.313 e. The molecule has 3 amide bonds. The zero-order chi connectivity index (χ0) is 19.8. The molecule has 0 spiro atoms. The molecule has 2 rings (SSSR count). The number of carbonyl (C=O) groups excluding carboxylic acids is 3. The highest BCUT2D eigenvalue weighted by atomic mass is 16.5. The molecule has 0 radical (unpaired) electrons. The number of hydrogen-bond donors (Lipinski definition) is 3. The van der Waals surface area contributed by atoms with E-state index in [1.807, 2.05) is 6.92 Å². The van der Waals surface area contributed by atoms with Crippen molar-refractivity contribution in [3.63, 3.8) is 0 Å². The summed E-state index contributed by atoms with van der Waals surface area (Å²) in [4.78, 5) is 38.2. The van der Waals surface area contributed by atoms with Crippen LogP contribution in [0, 0.1) is 5.92 Å². The summed E-state index contributed by atoms with van der Waals surface area (Å²) in [5.74, 6) is -1.70. The summed E-state index contributed by atoms with van der Waals surface area (Å²) in [6.45, 7) is 9.13. The van der Waals surface area contributed by atoms with Crippen LogP contribution in [0.4, 0.5) is 11.4 Å². The summed E-state index contributed by atoms with van der Waals surface area (Å²) in [5.41, 5.74) is 1.00. The molecule has 1 aliphatic rings. The molecule has 8 nitrogen and oxygen atoms in total. The fraction of sp³-hybridized carbons (Fsp3) is 0.526. The van der Waals surface area contributed by atoms with E-state index in [2.05, 4.69) is 20.9 Å². The number of ether oxygens (including phenoxy) is 1. The van der Waals surface area contributed by atoms with Gasteiger partial charge >= 0.3 is 11.8 Å². The van der Waals surface area contributed by atoms with Crippen molar-refractivity contribution in [1.29, 1.82) is 0 Å². The number of nitrogens with zero attached hydrogens (tertiary/aromatic N) is 1. The Kier molecular flexibility index (Phi) is 7.75. The van der Waals surface area contributed by atoms with Gasteiger partial charge in [0.25, 0.3) is 0 Å². The molecule has 1 heterocycles. The quantitative estimate of drug-likeness (QED) is 0.645. The van der Waals surface area contributed by atoms with E-state index in [1.165, 1.54) is 0 Å². The lowest BCUT2D eigenvalue weighted by Crippen LogP contribution is -2.48. The first-order valence-electron chi connectivity index (χ1n) is 9.18. The number of hydrogen-bond acceptors (Lipinski definition) is 5. The van der Waals surface area contributed by atoms with Crippen LogP contribution in [0.1, 0.15) is 20.8 Å². The summed E-state index contributed by atoms with van der Waals surface area (Å²) in [6.07, 6.45) is 0. The van der Waals surface area contributed by atoms with Crippen molar-refractivity contribution in [3.05, 3.63) is 24.3 Å². The van der Waals surface area contributed by atoms with Crippen molar-refractivity contribution in [2.75, 3.05) is 43.5 Å². The van der Waals surface area contributed by atoms with Gasteiger partial charge in [-0.2, -0.15) is 0 Å². The Labute approximate surface area is 159 Å². The zero-order valence-corrected chi connectivity index (χ0v) is 16.1. The Bertz CT molecular complexity index is 671. The first-order valence-corrected chi connectivity index (χ1v) is 9.18. The number of benzene rings is 1. The van der Waals surface area contributed by atoms with Gasteiger partial charge in [-0.3, -0.25) is 19.3 Å². The predicted molar refractivity (Wildman–Crippen MR) is 103 cm³/mol. The van der Waals surface area contributed by atoms with E-state index in [0.29, 0.717) is 31.1 Å². The van der Waals surface area contributed by atoms with E-state index >= 15 is 0 Å². The average molecular weight is 376 g/mol. The van der Waals surface area contributed by atoms with E-state index in [0.717, 1.165) is 13.1 Å². The van der Waals surface area contributed by atoms with Crippen LogP contribution in [0.15, 0.2) is 24.3 Å². The van der Waals surface area contributed by atoms with Gasteiger partial charge in [-0.1, -0.05) is 19.9 Å². The highest BCUT2D eigenvalue weighted by Gasteiger charge is 2.19. The number of rotatable bonds is 6. The number of amides is 3. The van der Waals surface area contributed by atoms with Crippen molar-refractivity contribution in [3.8, 4) is 0 Å². The molecule has 0 saturated carbocycles. The third-order valence-electron chi connectivity index (χ3n) is 4.13. The second kappa shape index (κ2) is 10.0. The number of nitrogens with one attached hydrogen (secondary N) is 3. The Hall–Kier alpha value is -2.45. The minimum Gasteiger partial charge on any atom is -0.379 e. The number of morpholine rings is 1. The molecular weight excluding hydrogens is 348 g/mol. The monoisotopic (exact) mass is 376 g/mol. The molecule has 1 aromatic carbocycles.